The van der Waals surface area contributed by atoms with Crippen LogP contribution in [-0.4, -0.2) is 32.0 Å². The van der Waals surface area contributed by atoms with Crippen molar-refractivity contribution in [3.63, 3.8) is 0 Å². The van der Waals surface area contributed by atoms with Crippen LogP contribution >= 0.6 is 11.3 Å². The first-order valence-corrected chi connectivity index (χ1v) is 11.8. The summed E-state index contributed by atoms with van der Waals surface area (Å²) in [6, 6.07) is 16.8. The van der Waals surface area contributed by atoms with E-state index in [0.717, 1.165) is 30.8 Å². The summed E-state index contributed by atoms with van der Waals surface area (Å²) in [5.74, 6) is -0.204. The Hall–Kier alpha value is -2.51. The zero-order chi connectivity index (χ0) is 19.7. The van der Waals surface area contributed by atoms with Crippen molar-refractivity contribution in [2.24, 2.45) is 0 Å². The van der Waals surface area contributed by atoms with E-state index in [4.69, 9.17) is 0 Å². The first-order valence-electron chi connectivity index (χ1n) is 9.06. The van der Waals surface area contributed by atoms with Gasteiger partial charge in [-0.15, -0.1) is 0 Å². The highest BCUT2D eigenvalue weighted by atomic mass is 32.2. The molecule has 0 bridgehead atoms. The third-order valence-corrected chi connectivity index (χ3v) is 7.07. The third-order valence-electron chi connectivity index (χ3n) is 4.92. The standard InChI is InChI=1S/C21H20N2O3S2/c1-28(25,26)17-10-5-9-16(13-17)20(24)19-14-22-21(27-19)23-12-6-11-18(23)15-7-3-2-4-8-15/h2-5,7-10,13-14,18H,6,11-12H2,1H3/t18-/m0/s1. The smallest absolute Gasteiger partial charge is 0.204 e. The van der Waals surface area contributed by atoms with Gasteiger partial charge in [0, 0.05) is 18.4 Å². The predicted octanol–water partition coefficient (Wildman–Crippen LogP) is 4.12. The van der Waals surface area contributed by atoms with Crippen LogP contribution in [0, 0.1) is 0 Å². The second kappa shape index (κ2) is 7.48. The number of rotatable bonds is 5. The summed E-state index contributed by atoms with van der Waals surface area (Å²) < 4.78 is 23.5. The summed E-state index contributed by atoms with van der Waals surface area (Å²) in [4.78, 5) is 20.3. The van der Waals surface area contributed by atoms with E-state index in [-0.39, 0.29) is 16.7 Å². The minimum atomic E-state index is -3.36. The molecule has 0 saturated carbocycles. The van der Waals surface area contributed by atoms with Crippen LogP contribution in [0.3, 0.4) is 0 Å². The lowest BCUT2D eigenvalue weighted by atomic mass is 10.1. The molecule has 5 nitrogen and oxygen atoms in total. The highest BCUT2D eigenvalue weighted by molar-refractivity contribution is 7.90. The van der Waals surface area contributed by atoms with Gasteiger partial charge in [0.05, 0.1) is 22.0 Å². The quantitative estimate of drug-likeness (QED) is 0.590. The van der Waals surface area contributed by atoms with Gasteiger partial charge in [0.2, 0.25) is 5.78 Å². The Morgan fingerprint density at radius 3 is 2.68 bits per heavy atom. The monoisotopic (exact) mass is 412 g/mol. The van der Waals surface area contributed by atoms with Gasteiger partial charge >= 0.3 is 0 Å². The molecule has 1 aliphatic rings. The maximum absolute atomic E-state index is 12.9. The van der Waals surface area contributed by atoms with E-state index in [0.29, 0.717) is 10.4 Å². The number of benzene rings is 2. The lowest BCUT2D eigenvalue weighted by Gasteiger charge is -2.24. The van der Waals surface area contributed by atoms with E-state index in [1.807, 2.05) is 18.2 Å². The van der Waals surface area contributed by atoms with Gasteiger partial charge in [-0.05, 0) is 30.5 Å². The highest BCUT2D eigenvalue weighted by Crippen LogP contribution is 2.38. The normalized spacial score (nSPS) is 17.0. The Kier molecular flexibility index (Phi) is 5.03. The van der Waals surface area contributed by atoms with Crippen molar-refractivity contribution in [1.82, 2.24) is 4.98 Å². The Bertz CT molecular complexity index is 1110. The number of ketones is 1. The second-order valence-corrected chi connectivity index (χ2v) is 9.92. The van der Waals surface area contributed by atoms with Gasteiger partial charge in [-0.3, -0.25) is 4.79 Å². The molecule has 0 radical (unpaired) electrons. The molecule has 1 atom stereocenters. The summed E-state index contributed by atoms with van der Waals surface area (Å²) in [7, 11) is -3.36. The molecular formula is C21H20N2O3S2. The number of anilines is 1. The number of sulfone groups is 1. The van der Waals surface area contributed by atoms with E-state index >= 15 is 0 Å². The minimum Gasteiger partial charge on any atom is -0.341 e. The number of hydrogen-bond acceptors (Lipinski definition) is 6. The number of carbonyl (C=O) groups is 1. The van der Waals surface area contributed by atoms with E-state index in [9.17, 15) is 13.2 Å². The molecule has 1 aromatic heterocycles. The van der Waals surface area contributed by atoms with Crippen LogP contribution in [0.1, 0.15) is 39.7 Å². The van der Waals surface area contributed by atoms with Crippen LogP contribution in [0.4, 0.5) is 5.13 Å². The number of carbonyl (C=O) groups excluding carboxylic acids is 1. The van der Waals surface area contributed by atoms with Crippen LogP contribution < -0.4 is 4.90 Å². The first-order chi connectivity index (χ1) is 13.4. The predicted molar refractivity (Wildman–Crippen MR) is 111 cm³/mol. The molecule has 3 aromatic rings. The molecule has 7 heteroatoms. The van der Waals surface area contributed by atoms with Crippen LogP contribution in [0.5, 0.6) is 0 Å². The molecule has 4 rings (SSSR count). The fraction of sp³-hybridized carbons (Fsp3) is 0.238. The van der Waals surface area contributed by atoms with Gasteiger partial charge in [-0.25, -0.2) is 13.4 Å². The van der Waals surface area contributed by atoms with Gasteiger partial charge in [0.15, 0.2) is 15.0 Å². The molecule has 0 amide bonds. The molecule has 144 valence electrons. The van der Waals surface area contributed by atoms with Crippen molar-refractivity contribution in [2.75, 3.05) is 17.7 Å². The zero-order valence-corrected chi connectivity index (χ0v) is 17.0. The average molecular weight is 413 g/mol. The summed E-state index contributed by atoms with van der Waals surface area (Å²) in [5, 5.41) is 0.828. The third kappa shape index (κ3) is 3.72. The molecule has 1 aliphatic heterocycles. The topological polar surface area (TPSA) is 67.3 Å². The summed E-state index contributed by atoms with van der Waals surface area (Å²) in [6.07, 6.45) is 4.87. The lowest BCUT2D eigenvalue weighted by molar-refractivity contribution is 0.104. The fourth-order valence-corrected chi connectivity index (χ4v) is 5.15. The Morgan fingerprint density at radius 1 is 1.14 bits per heavy atom. The zero-order valence-electron chi connectivity index (χ0n) is 15.4. The molecule has 28 heavy (non-hydrogen) atoms. The average Bonchev–Trinajstić information content (AvgIpc) is 3.37. The Labute approximate surface area is 168 Å². The van der Waals surface area contributed by atoms with E-state index < -0.39 is 9.84 Å². The maximum atomic E-state index is 12.9. The first kappa shape index (κ1) is 18.8. The number of hydrogen-bond donors (Lipinski definition) is 0. The minimum absolute atomic E-state index is 0.145. The molecule has 0 N–H and O–H groups in total. The molecule has 0 aliphatic carbocycles. The van der Waals surface area contributed by atoms with E-state index in [1.54, 1.807) is 18.3 Å². The maximum Gasteiger partial charge on any atom is 0.204 e. The summed E-state index contributed by atoms with van der Waals surface area (Å²) in [5.41, 5.74) is 1.61. The van der Waals surface area contributed by atoms with Crippen LogP contribution in [-0.2, 0) is 9.84 Å². The van der Waals surface area contributed by atoms with Gasteiger partial charge in [-0.2, -0.15) is 0 Å². The molecule has 2 aromatic carbocycles. The van der Waals surface area contributed by atoms with Crippen molar-refractivity contribution >= 4 is 32.1 Å². The molecule has 2 heterocycles. The highest BCUT2D eigenvalue weighted by Gasteiger charge is 2.28. The molecule has 0 unspecified atom stereocenters. The Morgan fingerprint density at radius 2 is 1.93 bits per heavy atom. The van der Waals surface area contributed by atoms with Crippen molar-refractivity contribution in [3.8, 4) is 0 Å². The van der Waals surface area contributed by atoms with Gasteiger partial charge in [0.25, 0.3) is 0 Å². The number of thiazole rings is 1. The van der Waals surface area contributed by atoms with Crippen molar-refractivity contribution in [2.45, 2.75) is 23.8 Å². The van der Waals surface area contributed by atoms with Crippen molar-refractivity contribution < 1.29 is 13.2 Å². The van der Waals surface area contributed by atoms with E-state index in [2.05, 4.69) is 22.0 Å². The van der Waals surface area contributed by atoms with Gasteiger partial charge in [-0.1, -0.05) is 53.8 Å². The van der Waals surface area contributed by atoms with Crippen LogP contribution in [0.25, 0.3) is 0 Å². The number of aromatic nitrogens is 1. The van der Waals surface area contributed by atoms with Crippen LogP contribution in [0.15, 0.2) is 65.7 Å². The summed E-state index contributed by atoms with van der Waals surface area (Å²) >= 11 is 1.36. The fourth-order valence-electron chi connectivity index (χ4n) is 3.53. The van der Waals surface area contributed by atoms with Crippen molar-refractivity contribution in [3.05, 3.63) is 76.8 Å². The molecule has 1 saturated heterocycles. The largest absolute Gasteiger partial charge is 0.341 e. The van der Waals surface area contributed by atoms with E-state index in [1.165, 1.54) is 29.0 Å². The molecule has 1 fully saturated rings. The van der Waals surface area contributed by atoms with Gasteiger partial charge < -0.3 is 4.90 Å². The van der Waals surface area contributed by atoms with Crippen LogP contribution in [0.2, 0.25) is 0 Å². The molecule has 0 spiro atoms. The molecular weight excluding hydrogens is 392 g/mol. The summed E-state index contributed by atoms with van der Waals surface area (Å²) in [6.45, 7) is 0.907. The second-order valence-electron chi connectivity index (χ2n) is 6.90. The van der Waals surface area contributed by atoms with Gasteiger partial charge in [0.1, 0.15) is 0 Å². The lowest BCUT2D eigenvalue weighted by Crippen LogP contribution is -2.22. The SMILES string of the molecule is CS(=O)(=O)c1cccc(C(=O)c2cnc(N3CCC[C@H]3c3ccccc3)s2)c1. The Balaban J connectivity index is 1.60. The van der Waals surface area contributed by atoms with Crippen molar-refractivity contribution in [1.29, 1.82) is 0 Å². The number of nitrogens with zero attached hydrogens (tertiary/aromatic N) is 2.